The average Bonchev–Trinajstić information content (AvgIpc) is 2.97. The molecule has 3 heteroatoms. The maximum atomic E-state index is 11.8. The fourth-order valence-electron chi connectivity index (χ4n) is 2.93. The van der Waals surface area contributed by atoms with E-state index in [1.807, 2.05) is 23.0 Å². The minimum Gasteiger partial charge on any atom is -0.294 e. The maximum absolute atomic E-state index is 11.8. The van der Waals surface area contributed by atoms with Gasteiger partial charge in [-0.1, -0.05) is 18.2 Å². The van der Waals surface area contributed by atoms with Gasteiger partial charge >= 0.3 is 0 Å². The summed E-state index contributed by atoms with van der Waals surface area (Å²) < 4.78 is 2.04. The van der Waals surface area contributed by atoms with Crippen LogP contribution in [0.25, 0.3) is 11.1 Å². The lowest BCUT2D eigenvalue weighted by Crippen LogP contribution is -1.99. The molecule has 0 N–H and O–H groups in total. The van der Waals surface area contributed by atoms with Crippen molar-refractivity contribution in [3.63, 3.8) is 0 Å². The Morgan fingerprint density at radius 3 is 2.89 bits per heavy atom. The topological polar surface area (TPSA) is 34.9 Å². The minimum absolute atomic E-state index is 0.280. The van der Waals surface area contributed by atoms with Crippen LogP contribution in [0.1, 0.15) is 35.2 Å². The van der Waals surface area contributed by atoms with Crippen LogP contribution in [0.4, 0.5) is 0 Å². The Kier molecular flexibility index (Phi) is 2.34. The largest absolute Gasteiger partial charge is 0.294 e. The third-order valence-electron chi connectivity index (χ3n) is 4.16. The van der Waals surface area contributed by atoms with Gasteiger partial charge in [-0.3, -0.25) is 9.48 Å². The first-order valence-corrected chi connectivity index (χ1v) is 6.99. The Bertz CT molecular complexity index is 653. The number of benzene rings is 1. The Hall–Kier alpha value is -1.90. The van der Waals surface area contributed by atoms with E-state index in [4.69, 9.17) is 0 Å². The highest BCUT2D eigenvalue weighted by Gasteiger charge is 2.24. The SMILES string of the molecule is O=C1CCc2c1cccc2-c1cnn(CC2CC2)c1. The Morgan fingerprint density at radius 2 is 2.05 bits per heavy atom. The number of carbonyl (C=O) groups is 1. The van der Waals surface area contributed by atoms with Crippen molar-refractivity contribution in [2.45, 2.75) is 32.2 Å². The fraction of sp³-hybridized carbons (Fsp3) is 0.375. The number of hydrogen-bond acceptors (Lipinski definition) is 2. The predicted octanol–water partition coefficient (Wildman–Crippen LogP) is 3.09. The van der Waals surface area contributed by atoms with Crippen LogP contribution >= 0.6 is 0 Å². The van der Waals surface area contributed by atoms with E-state index in [-0.39, 0.29) is 5.78 Å². The molecule has 96 valence electrons. The molecule has 0 saturated heterocycles. The quantitative estimate of drug-likeness (QED) is 0.841. The summed E-state index contributed by atoms with van der Waals surface area (Å²) in [5.74, 6) is 1.11. The standard InChI is InChI=1S/C16H16N2O/c19-16-7-6-14-13(2-1-3-15(14)16)12-8-17-18(10-12)9-11-4-5-11/h1-3,8,10-11H,4-7,9H2. The summed E-state index contributed by atoms with van der Waals surface area (Å²) in [7, 11) is 0. The highest BCUT2D eigenvalue weighted by molar-refractivity contribution is 6.02. The van der Waals surface area contributed by atoms with Crippen molar-refractivity contribution < 1.29 is 4.79 Å². The number of hydrogen-bond donors (Lipinski definition) is 0. The molecule has 0 spiro atoms. The summed E-state index contributed by atoms with van der Waals surface area (Å²) >= 11 is 0. The molecular formula is C16H16N2O. The van der Waals surface area contributed by atoms with Crippen LogP contribution in [-0.4, -0.2) is 15.6 Å². The zero-order valence-electron chi connectivity index (χ0n) is 10.8. The first kappa shape index (κ1) is 11.0. The summed E-state index contributed by atoms with van der Waals surface area (Å²) in [4.78, 5) is 11.8. The number of nitrogens with zero attached hydrogens (tertiary/aromatic N) is 2. The van der Waals surface area contributed by atoms with E-state index in [2.05, 4.69) is 17.4 Å². The fourth-order valence-corrected chi connectivity index (χ4v) is 2.93. The highest BCUT2D eigenvalue weighted by atomic mass is 16.1. The van der Waals surface area contributed by atoms with Crippen molar-refractivity contribution in [2.75, 3.05) is 0 Å². The second-order valence-electron chi connectivity index (χ2n) is 5.65. The average molecular weight is 252 g/mol. The number of Topliss-reactive ketones (excluding diaryl/α,β-unsaturated/α-hetero) is 1. The molecule has 1 saturated carbocycles. The van der Waals surface area contributed by atoms with Crippen LogP contribution in [0.2, 0.25) is 0 Å². The van der Waals surface area contributed by atoms with Crippen LogP contribution in [0.3, 0.4) is 0 Å². The molecule has 2 aliphatic rings. The molecule has 1 fully saturated rings. The van der Waals surface area contributed by atoms with Crippen molar-refractivity contribution in [1.82, 2.24) is 9.78 Å². The summed E-state index contributed by atoms with van der Waals surface area (Å²) in [6, 6.07) is 6.04. The first-order chi connectivity index (χ1) is 9.31. The van der Waals surface area contributed by atoms with Gasteiger partial charge in [0.15, 0.2) is 5.78 Å². The Morgan fingerprint density at radius 1 is 1.21 bits per heavy atom. The van der Waals surface area contributed by atoms with E-state index < -0.39 is 0 Å². The van der Waals surface area contributed by atoms with Gasteiger partial charge in [0, 0.05) is 30.3 Å². The van der Waals surface area contributed by atoms with Crippen molar-refractivity contribution in [3.05, 3.63) is 41.7 Å². The predicted molar refractivity (Wildman–Crippen MR) is 73.0 cm³/mol. The number of ketones is 1. The van der Waals surface area contributed by atoms with Crippen molar-refractivity contribution in [3.8, 4) is 11.1 Å². The first-order valence-electron chi connectivity index (χ1n) is 6.99. The van der Waals surface area contributed by atoms with E-state index in [9.17, 15) is 4.79 Å². The minimum atomic E-state index is 0.280. The molecule has 1 aromatic carbocycles. The van der Waals surface area contributed by atoms with Gasteiger partial charge in [-0.15, -0.1) is 0 Å². The van der Waals surface area contributed by atoms with Crippen LogP contribution < -0.4 is 0 Å². The summed E-state index contributed by atoms with van der Waals surface area (Å²) in [6.07, 6.45) is 8.26. The third-order valence-corrected chi connectivity index (χ3v) is 4.16. The van der Waals surface area contributed by atoms with Crippen LogP contribution in [0.5, 0.6) is 0 Å². The second-order valence-corrected chi connectivity index (χ2v) is 5.65. The second kappa shape index (κ2) is 4.05. The molecule has 0 atom stereocenters. The Balaban J connectivity index is 1.72. The van der Waals surface area contributed by atoms with E-state index >= 15 is 0 Å². The lowest BCUT2D eigenvalue weighted by Gasteiger charge is -2.05. The zero-order chi connectivity index (χ0) is 12.8. The van der Waals surface area contributed by atoms with Gasteiger partial charge in [0.1, 0.15) is 0 Å². The molecule has 3 nitrogen and oxygen atoms in total. The zero-order valence-corrected chi connectivity index (χ0v) is 10.8. The molecule has 2 aliphatic carbocycles. The molecule has 19 heavy (non-hydrogen) atoms. The van der Waals surface area contributed by atoms with E-state index in [0.29, 0.717) is 6.42 Å². The number of carbonyl (C=O) groups excluding carboxylic acids is 1. The number of fused-ring (bicyclic) bond motifs is 1. The molecule has 0 aliphatic heterocycles. The molecule has 0 unspecified atom stereocenters. The molecule has 1 heterocycles. The third kappa shape index (κ3) is 1.89. The molecule has 4 rings (SSSR count). The van der Waals surface area contributed by atoms with Crippen molar-refractivity contribution in [2.24, 2.45) is 5.92 Å². The van der Waals surface area contributed by atoms with Gasteiger partial charge in [-0.2, -0.15) is 5.10 Å². The normalized spacial score (nSPS) is 17.8. The summed E-state index contributed by atoms with van der Waals surface area (Å²) in [6.45, 7) is 1.04. The van der Waals surface area contributed by atoms with Gasteiger partial charge in [0.05, 0.1) is 6.20 Å². The molecule has 0 radical (unpaired) electrons. The van der Waals surface area contributed by atoms with Gasteiger partial charge in [0.2, 0.25) is 0 Å². The van der Waals surface area contributed by atoms with Gasteiger partial charge in [-0.25, -0.2) is 0 Å². The molecular weight excluding hydrogens is 236 g/mol. The monoisotopic (exact) mass is 252 g/mol. The van der Waals surface area contributed by atoms with E-state index in [1.54, 1.807) is 0 Å². The van der Waals surface area contributed by atoms with Crippen molar-refractivity contribution in [1.29, 1.82) is 0 Å². The van der Waals surface area contributed by atoms with Gasteiger partial charge in [0.25, 0.3) is 0 Å². The lowest BCUT2D eigenvalue weighted by atomic mass is 9.99. The molecule has 1 aromatic heterocycles. The smallest absolute Gasteiger partial charge is 0.163 e. The molecule has 2 aromatic rings. The number of rotatable bonds is 3. The van der Waals surface area contributed by atoms with Crippen molar-refractivity contribution >= 4 is 5.78 Å². The van der Waals surface area contributed by atoms with Crippen LogP contribution in [0.15, 0.2) is 30.6 Å². The number of aromatic nitrogens is 2. The Labute approximate surface area is 112 Å². The van der Waals surface area contributed by atoms with Crippen LogP contribution in [-0.2, 0) is 13.0 Å². The van der Waals surface area contributed by atoms with Crippen LogP contribution in [0, 0.1) is 5.92 Å². The highest BCUT2D eigenvalue weighted by Crippen LogP contribution is 2.33. The summed E-state index contributed by atoms with van der Waals surface area (Å²) in [5, 5.41) is 4.45. The lowest BCUT2D eigenvalue weighted by molar-refractivity contribution is 0.0994. The van der Waals surface area contributed by atoms with Gasteiger partial charge < -0.3 is 0 Å². The van der Waals surface area contributed by atoms with Gasteiger partial charge in [-0.05, 0) is 36.3 Å². The van der Waals surface area contributed by atoms with E-state index in [0.717, 1.165) is 30.0 Å². The molecule has 0 amide bonds. The maximum Gasteiger partial charge on any atom is 0.163 e. The summed E-state index contributed by atoms with van der Waals surface area (Å²) in [5.41, 5.74) is 4.45. The molecule has 0 bridgehead atoms. The van der Waals surface area contributed by atoms with E-state index in [1.165, 1.54) is 24.0 Å².